The molecule has 1 amide bonds. The summed E-state index contributed by atoms with van der Waals surface area (Å²) in [5.74, 6) is -1.18. The smallest absolute Gasteiger partial charge is 0.387 e. The van der Waals surface area contributed by atoms with Gasteiger partial charge in [-0.05, 0) is 30.3 Å². The van der Waals surface area contributed by atoms with Gasteiger partial charge in [-0.1, -0.05) is 6.07 Å². The molecule has 0 spiro atoms. The summed E-state index contributed by atoms with van der Waals surface area (Å²) in [6, 6.07) is 8.71. The van der Waals surface area contributed by atoms with Crippen molar-refractivity contribution in [2.75, 3.05) is 6.54 Å². The zero-order chi connectivity index (χ0) is 19.6. The lowest BCUT2D eigenvalue weighted by Crippen LogP contribution is -2.23. The molecule has 2 rings (SSSR count). The van der Waals surface area contributed by atoms with Crippen molar-refractivity contribution < 1.29 is 31.8 Å². The molecule has 0 radical (unpaired) electrons. The Kier molecular flexibility index (Phi) is 7.60. The summed E-state index contributed by atoms with van der Waals surface area (Å²) in [6.07, 6.45) is 4.53. The van der Waals surface area contributed by atoms with E-state index in [1.807, 2.05) is 12.1 Å². The van der Waals surface area contributed by atoms with Crippen molar-refractivity contribution in [2.45, 2.75) is 19.6 Å². The van der Waals surface area contributed by atoms with E-state index in [9.17, 15) is 22.4 Å². The summed E-state index contributed by atoms with van der Waals surface area (Å²) >= 11 is 0. The Bertz CT molecular complexity index is 770. The molecule has 0 aliphatic carbocycles. The fourth-order valence-electron chi connectivity index (χ4n) is 2.11. The minimum Gasteiger partial charge on any atom is -0.435 e. The van der Waals surface area contributed by atoms with Crippen LogP contribution in [0.3, 0.4) is 0 Å². The van der Waals surface area contributed by atoms with Crippen LogP contribution in [0, 0.1) is 0 Å². The molecule has 9 heteroatoms. The van der Waals surface area contributed by atoms with Gasteiger partial charge in [-0.15, -0.1) is 0 Å². The first-order chi connectivity index (χ1) is 12.9. The van der Waals surface area contributed by atoms with Crippen LogP contribution in [0.2, 0.25) is 0 Å². The van der Waals surface area contributed by atoms with Crippen molar-refractivity contribution in [3.8, 4) is 11.5 Å². The van der Waals surface area contributed by atoms with E-state index >= 15 is 0 Å². The number of nitrogens with zero attached hydrogens (tertiary/aromatic N) is 1. The lowest BCUT2D eigenvalue weighted by molar-refractivity contribution is -0.116. The van der Waals surface area contributed by atoms with E-state index in [2.05, 4.69) is 19.8 Å². The zero-order valence-corrected chi connectivity index (χ0v) is 13.9. The van der Waals surface area contributed by atoms with E-state index in [1.165, 1.54) is 12.1 Å². The average molecular weight is 384 g/mol. The molecule has 0 atom stereocenters. The molecule has 144 valence electrons. The lowest BCUT2D eigenvalue weighted by atomic mass is 10.1. The number of alkyl halides is 4. The molecule has 1 aromatic carbocycles. The Balaban J connectivity index is 1.97. The number of ether oxygens (including phenoxy) is 2. The number of carbonyl (C=O) groups is 1. The van der Waals surface area contributed by atoms with Crippen molar-refractivity contribution >= 4 is 12.0 Å². The van der Waals surface area contributed by atoms with Crippen LogP contribution in [-0.2, 0) is 11.2 Å². The van der Waals surface area contributed by atoms with Crippen LogP contribution in [0.15, 0.2) is 48.7 Å². The van der Waals surface area contributed by atoms with Gasteiger partial charge >= 0.3 is 13.2 Å². The number of pyridine rings is 1. The van der Waals surface area contributed by atoms with Crippen LogP contribution in [0.4, 0.5) is 17.6 Å². The number of rotatable bonds is 9. The molecule has 0 aliphatic rings. The van der Waals surface area contributed by atoms with Crippen molar-refractivity contribution in [1.82, 2.24) is 10.3 Å². The first kappa shape index (κ1) is 20.2. The predicted molar refractivity (Wildman–Crippen MR) is 89.7 cm³/mol. The van der Waals surface area contributed by atoms with Crippen LogP contribution in [0.5, 0.6) is 11.5 Å². The molecule has 27 heavy (non-hydrogen) atoms. The third-order valence-corrected chi connectivity index (χ3v) is 3.25. The SMILES string of the molecule is O=C(/C=C/c1ccc(OC(F)F)cc1OC(F)F)NCCc1ccccn1. The monoisotopic (exact) mass is 384 g/mol. The highest BCUT2D eigenvalue weighted by Crippen LogP contribution is 2.28. The maximum Gasteiger partial charge on any atom is 0.387 e. The van der Waals surface area contributed by atoms with Gasteiger partial charge in [-0.25, -0.2) is 0 Å². The fourth-order valence-corrected chi connectivity index (χ4v) is 2.11. The highest BCUT2D eigenvalue weighted by molar-refractivity contribution is 5.92. The lowest BCUT2D eigenvalue weighted by Gasteiger charge is -2.11. The number of hydrogen-bond acceptors (Lipinski definition) is 4. The summed E-state index contributed by atoms with van der Waals surface area (Å²) < 4.78 is 57.9. The average Bonchev–Trinajstić information content (AvgIpc) is 2.61. The molecule has 2 aromatic rings. The molecule has 0 unspecified atom stereocenters. The number of halogens is 4. The molecule has 0 fully saturated rings. The van der Waals surface area contributed by atoms with Crippen molar-refractivity contribution in [1.29, 1.82) is 0 Å². The number of nitrogens with one attached hydrogen (secondary N) is 1. The maximum atomic E-state index is 12.5. The summed E-state index contributed by atoms with van der Waals surface area (Å²) in [5, 5.41) is 2.62. The van der Waals surface area contributed by atoms with Gasteiger partial charge < -0.3 is 14.8 Å². The minimum atomic E-state index is -3.16. The highest BCUT2D eigenvalue weighted by Gasteiger charge is 2.12. The van der Waals surface area contributed by atoms with Crippen molar-refractivity contribution in [2.24, 2.45) is 0 Å². The van der Waals surface area contributed by atoms with E-state index in [1.54, 1.807) is 12.3 Å². The van der Waals surface area contributed by atoms with Gasteiger partial charge in [0.25, 0.3) is 0 Å². The van der Waals surface area contributed by atoms with Crippen LogP contribution < -0.4 is 14.8 Å². The second-order valence-electron chi connectivity index (χ2n) is 5.15. The molecular formula is C18H16F4N2O3. The Morgan fingerprint density at radius 3 is 2.56 bits per heavy atom. The topological polar surface area (TPSA) is 60.5 Å². The number of amides is 1. The molecule has 5 nitrogen and oxygen atoms in total. The quantitative estimate of drug-likeness (QED) is 0.530. The Labute approximate surface area is 152 Å². The molecule has 0 bridgehead atoms. The minimum absolute atomic E-state index is 0.108. The molecule has 1 N–H and O–H groups in total. The third-order valence-electron chi connectivity index (χ3n) is 3.25. The van der Waals surface area contributed by atoms with Gasteiger partial charge in [-0.3, -0.25) is 9.78 Å². The van der Waals surface area contributed by atoms with Gasteiger partial charge in [0, 0.05) is 42.6 Å². The number of hydrogen-bond donors (Lipinski definition) is 1. The second-order valence-corrected chi connectivity index (χ2v) is 5.15. The van der Waals surface area contributed by atoms with E-state index in [0.29, 0.717) is 13.0 Å². The fraction of sp³-hybridized carbons (Fsp3) is 0.222. The Morgan fingerprint density at radius 1 is 1.11 bits per heavy atom. The highest BCUT2D eigenvalue weighted by atomic mass is 19.3. The normalized spacial score (nSPS) is 11.2. The first-order valence-corrected chi connectivity index (χ1v) is 7.83. The van der Waals surface area contributed by atoms with Crippen molar-refractivity contribution in [3.63, 3.8) is 0 Å². The van der Waals surface area contributed by atoms with E-state index in [4.69, 9.17) is 0 Å². The molecular weight excluding hydrogens is 368 g/mol. The van der Waals surface area contributed by atoms with Gasteiger partial charge in [-0.2, -0.15) is 17.6 Å². The van der Waals surface area contributed by atoms with Crippen LogP contribution >= 0.6 is 0 Å². The molecule has 0 aliphatic heterocycles. The van der Waals surface area contributed by atoms with Gasteiger partial charge in [0.2, 0.25) is 5.91 Å². The molecule has 0 saturated heterocycles. The summed E-state index contributed by atoms with van der Waals surface area (Å²) in [7, 11) is 0. The molecule has 0 saturated carbocycles. The van der Waals surface area contributed by atoms with Crippen LogP contribution in [-0.4, -0.2) is 30.7 Å². The summed E-state index contributed by atoms with van der Waals surface area (Å²) in [4.78, 5) is 15.9. The second kappa shape index (κ2) is 10.1. The van der Waals surface area contributed by atoms with E-state index < -0.39 is 19.1 Å². The maximum absolute atomic E-state index is 12.5. The van der Waals surface area contributed by atoms with Gasteiger partial charge in [0.1, 0.15) is 11.5 Å². The third kappa shape index (κ3) is 7.35. The number of carbonyl (C=O) groups excluding carboxylic acids is 1. The zero-order valence-electron chi connectivity index (χ0n) is 13.9. The Hall–Kier alpha value is -3.10. The van der Waals surface area contributed by atoms with Crippen LogP contribution in [0.25, 0.3) is 6.08 Å². The molecule has 1 heterocycles. The summed E-state index contributed by atoms with van der Waals surface area (Å²) in [6.45, 7) is -5.93. The van der Waals surface area contributed by atoms with Gasteiger partial charge in [0.05, 0.1) is 0 Å². The molecule has 1 aromatic heterocycles. The van der Waals surface area contributed by atoms with E-state index in [-0.39, 0.29) is 17.1 Å². The summed E-state index contributed by atoms with van der Waals surface area (Å²) in [5.41, 5.74) is 0.917. The number of benzene rings is 1. The standard InChI is InChI=1S/C18H16F4N2O3/c19-17(20)26-14-6-4-12(15(11-14)27-18(21)22)5-7-16(25)24-10-8-13-3-1-2-9-23-13/h1-7,9,11,17-18H,8,10H2,(H,24,25)/b7-5+. The van der Waals surface area contributed by atoms with Gasteiger partial charge in [0.15, 0.2) is 0 Å². The van der Waals surface area contributed by atoms with Crippen LogP contribution in [0.1, 0.15) is 11.3 Å². The predicted octanol–water partition coefficient (Wildman–Crippen LogP) is 3.66. The number of aromatic nitrogens is 1. The van der Waals surface area contributed by atoms with E-state index in [0.717, 1.165) is 23.9 Å². The first-order valence-electron chi connectivity index (χ1n) is 7.83. The largest absolute Gasteiger partial charge is 0.435 e. The van der Waals surface area contributed by atoms with Crippen molar-refractivity contribution in [3.05, 3.63) is 59.9 Å². The Morgan fingerprint density at radius 2 is 1.89 bits per heavy atom.